The second kappa shape index (κ2) is 10.2. The van der Waals surface area contributed by atoms with Crippen LogP contribution in [0.1, 0.15) is 36.9 Å². The summed E-state index contributed by atoms with van der Waals surface area (Å²) in [5, 5.41) is 20.3. The Bertz CT molecular complexity index is 1410. The highest BCUT2D eigenvalue weighted by molar-refractivity contribution is 9.10. The molecule has 1 unspecified atom stereocenters. The minimum atomic E-state index is -0.768. The summed E-state index contributed by atoms with van der Waals surface area (Å²) in [6, 6.07) is 5.71. The molecule has 0 saturated heterocycles. The molecule has 0 bridgehead atoms. The molecule has 0 saturated carbocycles. The van der Waals surface area contributed by atoms with Crippen LogP contribution < -0.4 is 4.74 Å². The highest BCUT2D eigenvalue weighted by Gasteiger charge is 2.24. The van der Waals surface area contributed by atoms with Gasteiger partial charge in [-0.2, -0.15) is 10.2 Å². The molecule has 13 heteroatoms. The van der Waals surface area contributed by atoms with E-state index in [1.165, 1.54) is 24.4 Å². The number of aryl methyl sites for hydroxylation is 2. The van der Waals surface area contributed by atoms with Gasteiger partial charge in [-0.25, -0.2) is 14.1 Å². The van der Waals surface area contributed by atoms with Crippen molar-refractivity contribution in [2.45, 2.75) is 40.0 Å². The van der Waals surface area contributed by atoms with Crippen molar-refractivity contribution in [3.05, 3.63) is 78.6 Å². The first-order valence-corrected chi connectivity index (χ1v) is 12.1. The van der Waals surface area contributed by atoms with E-state index in [1.807, 2.05) is 11.6 Å². The Labute approximate surface area is 216 Å². The number of hydrogen-bond acceptors (Lipinski definition) is 7. The molecule has 3 aromatic heterocycles. The Hall–Kier alpha value is -3.19. The standard InChI is InChI=1S/C22H20Br2FN7O3/c1-4-30-20(24)14(9-27-30)11-31-21(28-13(3)29-31)17-6-5-16(25)8-18(17)12(2)35-19-7-15(23)10-26-22(19)32(33)34/h5-10,12H,4,11H2,1-3H3. The maximum absolute atomic E-state index is 14.3. The number of rotatable bonds is 8. The quantitative estimate of drug-likeness (QED) is 0.188. The molecule has 182 valence electrons. The summed E-state index contributed by atoms with van der Waals surface area (Å²) in [5.41, 5.74) is 1.95. The fourth-order valence-corrected chi connectivity index (χ4v) is 4.51. The monoisotopic (exact) mass is 607 g/mol. The van der Waals surface area contributed by atoms with Crippen molar-refractivity contribution in [3.63, 3.8) is 0 Å². The van der Waals surface area contributed by atoms with Crippen molar-refractivity contribution < 1.29 is 14.1 Å². The molecule has 3 heterocycles. The zero-order chi connectivity index (χ0) is 25.3. The van der Waals surface area contributed by atoms with E-state index in [0.29, 0.717) is 40.3 Å². The van der Waals surface area contributed by atoms with E-state index in [4.69, 9.17) is 4.74 Å². The van der Waals surface area contributed by atoms with Crippen LogP contribution in [-0.2, 0) is 13.1 Å². The van der Waals surface area contributed by atoms with E-state index >= 15 is 0 Å². The highest BCUT2D eigenvalue weighted by Crippen LogP contribution is 2.35. The van der Waals surface area contributed by atoms with Gasteiger partial charge in [0.25, 0.3) is 0 Å². The Kier molecular flexibility index (Phi) is 7.26. The molecule has 0 radical (unpaired) electrons. The lowest BCUT2D eigenvalue weighted by Gasteiger charge is -2.18. The molecule has 0 aliphatic heterocycles. The Morgan fingerprint density at radius 3 is 2.69 bits per heavy atom. The maximum Gasteiger partial charge on any atom is 0.406 e. The van der Waals surface area contributed by atoms with Crippen molar-refractivity contribution >= 4 is 37.7 Å². The number of ether oxygens (including phenoxy) is 1. The minimum absolute atomic E-state index is 0.0411. The molecule has 1 atom stereocenters. The Morgan fingerprint density at radius 1 is 1.23 bits per heavy atom. The van der Waals surface area contributed by atoms with Gasteiger partial charge in [-0.1, -0.05) is 0 Å². The molecule has 0 fully saturated rings. The fourth-order valence-electron chi connectivity index (χ4n) is 3.63. The molecule has 4 rings (SSSR count). The summed E-state index contributed by atoms with van der Waals surface area (Å²) in [6.07, 6.45) is 2.30. The zero-order valence-corrected chi connectivity index (χ0v) is 22.1. The van der Waals surface area contributed by atoms with Gasteiger partial charge >= 0.3 is 5.82 Å². The third-order valence-electron chi connectivity index (χ3n) is 5.21. The lowest BCUT2D eigenvalue weighted by molar-refractivity contribution is -0.390. The van der Waals surface area contributed by atoms with E-state index in [0.717, 1.165) is 10.2 Å². The Balaban J connectivity index is 1.74. The van der Waals surface area contributed by atoms with Crippen LogP contribution in [0.2, 0.25) is 0 Å². The summed E-state index contributed by atoms with van der Waals surface area (Å²) >= 11 is 6.82. The first kappa shape index (κ1) is 24.9. The van der Waals surface area contributed by atoms with E-state index < -0.39 is 22.7 Å². The van der Waals surface area contributed by atoms with Crippen LogP contribution in [0.15, 0.2) is 45.7 Å². The maximum atomic E-state index is 14.3. The van der Waals surface area contributed by atoms with Gasteiger partial charge in [-0.3, -0.25) is 4.68 Å². The normalized spacial score (nSPS) is 12.1. The highest BCUT2D eigenvalue weighted by atomic mass is 79.9. The van der Waals surface area contributed by atoms with Crippen molar-refractivity contribution in [2.24, 2.45) is 0 Å². The smallest absolute Gasteiger partial charge is 0.406 e. The zero-order valence-electron chi connectivity index (χ0n) is 18.9. The van der Waals surface area contributed by atoms with Gasteiger partial charge in [-0.05, 0) is 80.7 Å². The second-order valence-electron chi connectivity index (χ2n) is 7.64. The third kappa shape index (κ3) is 5.25. The van der Waals surface area contributed by atoms with Gasteiger partial charge < -0.3 is 14.9 Å². The third-order valence-corrected chi connectivity index (χ3v) is 6.56. The SMILES string of the molecule is CCn1ncc(Cn2nc(C)nc2-c2ccc(F)cc2C(C)Oc2cc(Br)cnc2[N+](=O)[O-])c1Br. The summed E-state index contributed by atoms with van der Waals surface area (Å²) in [7, 11) is 0. The number of nitro groups is 1. The Morgan fingerprint density at radius 2 is 2.00 bits per heavy atom. The van der Waals surface area contributed by atoms with E-state index in [1.54, 1.807) is 30.8 Å². The van der Waals surface area contributed by atoms with E-state index in [-0.39, 0.29) is 5.75 Å². The fraction of sp³-hybridized carbons (Fsp3) is 0.273. The molecule has 10 nitrogen and oxygen atoms in total. The molecule has 0 aliphatic carbocycles. The summed E-state index contributed by atoms with van der Waals surface area (Å²) in [5.74, 6) is 0.0897. The predicted octanol–water partition coefficient (Wildman–Crippen LogP) is 5.63. The molecule has 4 aromatic rings. The molecular weight excluding hydrogens is 589 g/mol. The summed E-state index contributed by atoms with van der Waals surface area (Å²) < 4.78 is 25.1. The van der Waals surface area contributed by atoms with E-state index in [2.05, 4.69) is 52.0 Å². The molecule has 0 amide bonds. The van der Waals surface area contributed by atoms with Crippen molar-refractivity contribution in [2.75, 3.05) is 0 Å². The second-order valence-corrected chi connectivity index (χ2v) is 9.31. The largest absolute Gasteiger partial charge is 0.478 e. The first-order chi connectivity index (χ1) is 16.7. The van der Waals surface area contributed by atoms with Gasteiger partial charge in [0, 0.05) is 29.3 Å². The molecule has 1 aromatic carbocycles. The first-order valence-electron chi connectivity index (χ1n) is 10.6. The molecule has 35 heavy (non-hydrogen) atoms. The molecule has 0 aliphatic rings. The summed E-state index contributed by atoms with van der Waals surface area (Å²) in [6.45, 7) is 6.52. The number of pyridine rings is 1. The number of aromatic nitrogens is 6. The van der Waals surface area contributed by atoms with Crippen molar-refractivity contribution in [3.8, 4) is 17.1 Å². The van der Waals surface area contributed by atoms with Crippen LogP contribution in [0.3, 0.4) is 0 Å². The van der Waals surface area contributed by atoms with Crippen LogP contribution in [0.5, 0.6) is 5.75 Å². The lowest BCUT2D eigenvalue weighted by atomic mass is 10.0. The van der Waals surface area contributed by atoms with Crippen LogP contribution >= 0.6 is 31.9 Å². The molecule has 0 N–H and O–H groups in total. The molecule has 0 spiro atoms. The number of halogens is 3. The average molecular weight is 609 g/mol. The van der Waals surface area contributed by atoms with Crippen LogP contribution in [-0.4, -0.2) is 34.5 Å². The van der Waals surface area contributed by atoms with E-state index in [9.17, 15) is 14.5 Å². The van der Waals surface area contributed by atoms with Gasteiger partial charge in [-0.15, -0.1) is 0 Å². The van der Waals surface area contributed by atoms with Crippen LogP contribution in [0.4, 0.5) is 10.2 Å². The molecular formula is C22H20Br2FN7O3. The number of hydrogen-bond donors (Lipinski definition) is 0. The van der Waals surface area contributed by atoms with Gasteiger partial charge in [0.2, 0.25) is 5.75 Å². The average Bonchev–Trinajstić information content (AvgIpc) is 3.35. The number of benzene rings is 1. The predicted molar refractivity (Wildman–Crippen MR) is 132 cm³/mol. The summed E-state index contributed by atoms with van der Waals surface area (Å²) in [4.78, 5) is 19.2. The van der Waals surface area contributed by atoms with Gasteiger partial charge in [0.1, 0.15) is 22.3 Å². The van der Waals surface area contributed by atoms with Crippen LogP contribution in [0, 0.1) is 22.9 Å². The number of nitrogens with zero attached hydrogens (tertiary/aromatic N) is 7. The topological polar surface area (TPSA) is 114 Å². The lowest BCUT2D eigenvalue weighted by Crippen LogP contribution is -2.10. The van der Waals surface area contributed by atoms with Crippen LogP contribution in [0.25, 0.3) is 11.4 Å². The minimum Gasteiger partial charge on any atom is -0.478 e. The van der Waals surface area contributed by atoms with Crippen molar-refractivity contribution in [1.82, 2.24) is 29.5 Å². The van der Waals surface area contributed by atoms with Gasteiger partial charge in [0.05, 0.1) is 17.2 Å². The van der Waals surface area contributed by atoms with Crippen molar-refractivity contribution in [1.29, 1.82) is 0 Å². The van der Waals surface area contributed by atoms with Gasteiger partial charge in [0.15, 0.2) is 12.0 Å².